The van der Waals surface area contributed by atoms with Crippen molar-refractivity contribution in [1.82, 2.24) is 29.8 Å². The minimum absolute atomic E-state index is 0.163. The number of benzene rings is 6. The Morgan fingerprint density at radius 2 is 1.00 bits per heavy atom. The van der Waals surface area contributed by atoms with E-state index in [0.29, 0.717) is 29.8 Å². The number of anilines is 4. The number of hydrogen-bond donors (Lipinski definition) is 5. The number of nitrogens with one attached hydrogen (secondary N) is 5. The summed E-state index contributed by atoms with van der Waals surface area (Å²) in [6.07, 6.45) is 10.0. The predicted octanol–water partition coefficient (Wildman–Crippen LogP) is 14.6. The number of allylic oxidation sites excluding steroid dienone is 3. The van der Waals surface area contributed by atoms with Crippen LogP contribution in [0.4, 0.5) is 32.6 Å². The minimum atomic E-state index is -0.348. The first-order valence-electron chi connectivity index (χ1n) is 30.0. The first kappa shape index (κ1) is 59.9. The number of carbonyl (C=O) groups is 3. The molecule has 4 aliphatic rings. The van der Waals surface area contributed by atoms with Crippen LogP contribution in [0.5, 0.6) is 0 Å². The molecule has 0 radical (unpaired) electrons. The van der Waals surface area contributed by atoms with Crippen molar-refractivity contribution in [2.24, 2.45) is 0 Å². The van der Waals surface area contributed by atoms with E-state index in [-0.39, 0.29) is 28.7 Å². The van der Waals surface area contributed by atoms with Crippen LogP contribution in [-0.4, -0.2) is 101 Å². The van der Waals surface area contributed by atoms with Crippen molar-refractivity contribution in [2.75, 3.05) is 73.9 Å². The molecule has 6 aromatic carbocycles. The van der Waals surface area contributed by atoms with E-state index in [9.17, 15) is 14.4 Å². The maximum Gasteiger partial charge on any atom is 0.324 e. The molecule has 4 amide bonds. The van der Waals surface area contributed by atoms with Crippen molar-refractivity contribution in [1.29, 1.82) is 0 Å². The van der Waals surface area contributed by atoms with Gasteiger partial charge in [-0.15, -0.1) is 0 Å². The second kappa shape index (κ2) is 26.8. The fourth-order valence-corrected chi connectivity index (χ4v) is 11.2. The van der Waals surface area contributed by atoms with Crippen LogP contribution >= 0.6 is 0 Å². The van der Waals surface area contributed by atoms with E-state index < -0.39 is 0 Å². The second-order valence-electron chi connectivity index (χ2n) is 24.5. The highest BCUT2D eigenvalue weighted by molar-refractivity contribution is 6.11. The highest BCUT2D eigenvalue weighted by atomic mass is 16.5. The summed E-state index contributed by atoms with van der Waals surface area (Å²) in [4.78, 5) is 41.3. The van der Waals surface area contributed by atoms with Crippen LogP contribution in [0.1, 0.15) is 114 Å². The topological polar surface area (TPSA) is 169 Å². The Kier molecular flexibility index (Phi) is 18.9. The molecule has 4 heterocycles. The summed E-state index contributed by atoms with van der Waals surface area (Å²) >= 11 is 0. The van der Waals surface area contributed by atoms with Crippen LogP contribution < -0.4 is 26.6 Å². The van der Waals surface area contributed by atoms with Crippen molar-refractivity contribution in [3.05, 3.63) is 179 Å². The van der Waals surface area contributed by atoms with E-state index in [1.165, 1.54) is 29.5 Å². The molecule has 442 valence electrons. The molecule has 8 aromatic rings. The second-order valence-corrected chi connectivity index (χ2v) is 24.5. The number of fused-ring (bicyclic) bond motifs is 2. The molecule has 0 saturated carbocycles. The molecule has 1 atom stereocenters. The Hall–Kier alpha value is -8.21. The Balaban J connectivity index is 0.000000173. The SMILES string of the molecule is C1COCCN1.Cc1ccc(-n2nc(C(C)(C)C)cc2NC(=O)Nc2ccc(C3=CC(=O)CCC3)c3ccccc23)cc1.Cc1ccc(-n2nc(C(C)(C)C)cc2NC(=O)Nc2ccc(C3=CC(N4CCOCC4)CCC3)c3ccccc23)cc1. The summed E-state index contributed by atoms with van der Waals surface area (Å²) < 4.78 is 14.2. The van der Waals surface area contributed by atoms with Gasteiger partial charge in [-0.3, -0.25) is 20.3 Å². The lowest BCUT2D eigenvalue weighted by atomic mass is 9.87. The molecule has 12 rings (SSSR count). The van der Waals surface area contributed by atoms with Gasteiger partial charge in [0.25, 0.3) is 0 Å². The number of hydrogen-bond acceptors (Lipinski definition) is 9. The number of rotatable bonds is 9. The Morgan fingerprint density at radius 1 is 0.541 bits per heavy atom. The summed E-state index contributed by atoms with van der Waals surface area (Å²) in [7, 11) is 0. The van der Waals surface area contributed by atoms with Gasteiger partial charge in [0.1, 0.15) is 11.6 Å². The zero-order valence-corrected chi connectivity index (χ0v) is 50.6. The third-order valence-corrected chi connectivity index (χ3v) is 15.9. The number of aryl methyl sites for hydroxylation is 2. The molecule has 5 N–H and O–H groups in total. The van der Waals surface area contributed by atoms with Crippen LogP contribution in [-0.2, 0) is 25.1 Å². The molecule has 2 aromatic heterocycles. The molecule has 0 bridgehead atoms. The number of amides is 4. The number of carbonyl (C=O) groups excluding carboxylic acids is 3. The summed E-state index contributed by atoms with van der Waals surface area (Å²) in [5.74, 6) is 1.40. The average Bonchev–Trinajstić information content (AvgIpc) is 3.48. The van der Waals surface area contributed by atoms with Crippen LogP contribution in [0.25, 0.3) is 44.1 Å². The van der Waals surface area contributed by atoms with Gasteiger partial charge in [-0.2, -0.15) is 10.2 Å². The van der Waals surface area contributed by atoms with Gasteiger partial charge >= 0.3 is 12.1 Å². The number of morpholine rings is 2. The lowest BCUT2D eigenvalue weighted by Crippen LogP contribution is -2.43. The summed E-state index contributed by atoms with van der Waals surface area (Å²) in [6.45, 7) is 24.2. The van der Waals surface area contributed by atoms with Crippen molar-refractivity contribution >= 4 is 73.5 Å². The van der Waals surface area contributed by atoms with E-state index in [2.05, 4.69) is 122 Å². The first-order valence-corrected chi connectivity index (χ1v) is 30.0. The minimum Gasteiger partial charge on any atom is -0.379 e. The van der Waals surface area contributed by atoms with Crippen molar-refractivity contribution in [2.45, 2.75) is 111 Å². The summed E-state index contributed by atoms with van der Waals surface area (Å²) in [5.41, 5.74) is 11.8. The molecule has 15 nitrogen and oxygen atoms in total. The maximum absolute atomic E-state index is 13.4. The molecular weight excluding hydrogens is 1060 g/mol. The molecule has 15 heteroatoms. The molecule has 2 aliphatic heterocycles. The monoisotopic (exact) mass is 1140 g/mol. The molecule has 2 saturated heterocycles. The zero-order valence-electron chi connectivity index (χ0n) is 50.6. The Morgan fingerprint density at radius 3 is 1.45 bits per heavy atom. The van der Waals surface area contributed by atoms with Crippen molar-refractivity contribution in [3.8, 4) is 11.4 Å². The lowest BCUT2D eigenvalue weighted by molar-refractivity contribution is -0.114. The van der Waals surface area contributed by atoms with E-state index in [0.717, 1.165) is 139 Å². The fourth-order valence-electron chi connectivity index (χ4n) is 11.2. The standard InChI is InChI=1S/C35H41N5O2.C31H32N4O2.C4H9NO/c1-24-12-14-26(15-13-24)40-33(23-32(38-40)35(2,3)4)37-34(41)36-31-17-16-28(29-10-5-6-11-30(29)31)25-8-7-9-27(22-25)39-18-20-42-21-19-39;1-20-12-14-22(15-13-20)35-29(19-28(34-35)31(2,3)4)33-30(37)32-27-17-16-24(21-8-7-9-23(36)18-21)25-10-5-6-11-26(25)27;1-3-6-4-2-5-1/h5-6,10-17,22-23,27H,7-9,18-21H2,1-4H3,(H2,36,37,41);5-6,10-19H,7-9H2,1-4H3,(H2,32,33,37);5H,1-4H2. The molecule has 85 heavy (non-hydrogen) atoms. The van der Waals surface area contributed by atoms with Gasteiger partial charge in [-0.05, 0) is 121 Å². The number of ketones is 1. The molecule has 2 fully saturated rings. The molecule has 0 spiro atoms. The maximum atomic E-state index is 13.4. The normalized spacial score (nSPS) is 16.7. The summed E-state index contributed by atoms with van der Waals surface area (Å²) in [5, 5.41) is 29.2. The third kappa shape index (κ3) is 15.0. The lowest BCUT2D eigenvalue weighted by Gasteiger charge is -2.35. The van der Waals surface area contributed by atoms with Crippen LogP contribution in [0, 0.1) is 13.8 Å². The first-order chi connectivity index (χ1) is 40.9. The van der Waals surface area contributed by atoms with Crippen LogP contribution in [0.2, 0.25) is 0 Å². The average molecular weight is 1140 g/mol. The van der Waals surface area contributed by atoms with Crippen LogP contribution in [0.15, 0.2) is 146 Å². The highest BCUT2D eigenvalue weighted by Gasteiger charge is 2.26. The Labute approximate surface area is 500 Å². The molecular formula is C70H82N10O5. The van der Waals surface area contributed by atoms with Gasteiger partial charge in [0, 0.05) is 72.4 Å². The summed E-state index contributed by atoms with van der Waals surface area (Å²) in [6, 6.07) is 44.3. The third-order valence-electron chi connectivity index (χ3n) is 15.9. The number of nitrogens with zero attached hydrogens (tertiary/aromatic N) is 5. The smallest absolute Gasteiger partial charge is 0.324 e. The number of ether oxygens (including phenoxy) is 2. The van der Waals surface area contributed by atoms with Gasteiger partial charge in [-0.1, -0.05) is 144 Å². The fraction of sp³-hybridized carbons (Fsp3) is 0.357. The number of aromatic nitrogens is 4. The van der Waals surface area contributed by atoms with Gasteiger partial charge in [0.15, 0.2) is 5.78 Å². The van der Waals surface area contributed by atoms with Crippen molar-refractivity contribution < 1.29 is 23.9 Å². The van der Waals surface area contributed by atoms with E-state index in [1.807, 2.05) is 104 Å². The highest BCUT2D eigenvalue weighted by Crippen LogP contribution is 2.38. The van der Waals surface area contributed by atoms with Gasteiger partial charge in [0.05, 0.1) is 60.6 Å². The zero-order chi connectivity index (χ0) is 59.7. The largest absolute Gasteiger partial charge is 0.379 e. The van der Waals surface area contributed by atoms with Gasteiger partial charge in [0.2, 0.25) is 0 Å². The quantitative estimate of drug-likeness (QED) is 0.0944. The van der Waals surface area contributed by atoms with Gasteiger partial charge < -0.3 is 25.4 Å². The van der Waals surface area contributed by atoms with Crippen molar-refractivity contribution in [3.63, 3.8) is 0 Å². The molecule has 2 aliphatic carbocycles. The van der Waals surface area contributed by atoms with E-state index in [1.54, 1.807) is 15.4 Å². The van der Waals surface area contributed by atoms with E-state index in [4.69, 9.17) is 19.7 Å². The molecule has 1 unspecified atom stereocenters. The number of urea groups is 2. The van der Waals surface area contributed by atoms with Crippen LogP contribution in [0.3, 0.4) is 0 Å². The predicted molar refractivity (Wildman–Crippen MR) is 346 cm³/mol. The van der Waals surface area contributed by atoms with E-state index >= 15 is 0 Å². The van der Waals surface area contributed by atoms with Gasteiger partial charge in [-0.25, -0.2) is 19.0 Å². The Bertz CT molecular complexity index is 3710.